The van der Waals surface area contributed by atoms with Crippen molar-refractivity contribution in [3.63, 3.8) is 0 Å². The highest BCUT2D eigenvalue weighted by Crippen LogP contribution is 2.17. The predicted octanol–water partition coefficient (Wildman–Crippen LogP) is 0.481. The van der Waals surface area contributed by atoms with Crippen LogP contribution >= 0.6 is 0 Å². The van der Waals surface area contributed by atoms with Crippen LogP contribution in [0.5, 0.6) is 5.75 Å². The topological polar surface area (TPSA) is 83.0 Å². The van der Waals surface area contributed by atoms with Crippen LogP contribution in [-0.4, -0.2) is 70.6 Å². The first-order chi connectivity index (χ1) is 12.0. The van der Waals surface area contributed by atoms with Gasteiger partial charge < -0.3 is 15.4 Å². The molecule has 0 aliphatic carbocycles. The number of hydrogen-bond acceptors (Lipinski definition) is 5. The van der Waals surface area contributed by atoms with Crippen LogP contribution in [0, 0.1) is 0 Å². The molecule has 1 heterocycles. The van der Waals surface area contributed by atoms with Gasteiger partial charge in [-0.1, -0.05) is 18.2 Å². The normalized spacial score (nSPS) is 17.9. The van der Waals surface area contributed by atoms with Gasteiger partial charge in [0.1, 0.15) is 5.75 Å². The zero-order valence-electron chi connectivity index (χ0n) is 15.0. The quantitative estimate of drug-likeness (QED) is 0.538. The van der Waals surface area contributed by atoms with Crippen molar-refractivity contribution >= 4 is 15.8 Å². The maximum atomic E-state index is 11.5. The van der Waals surface area contributed by atoms with Gasteiger partial charge in [0.2, 0.25) is 0 Å². The average Bonchev–Trinajstić information content (AvgIpc) is 2.61. The molecule has 1 saturated heterocycles. The molecule has 0 aromatic heterocycles. The van der Waals surface area contributed by atoms with E-state index in [9.17, 15) is 8.42 Å². The summed E-state index contributed by atoms with van der Waals surface area (Å²) < 4.78 is 28.3. The van der Waals surface area contributed by atoms with E-state index in [1.165, 1.54) is 0 Å². The summed E-state index contributed by atoms with van der Waals surface area (Å²) in [4.78, 5) is 6.76. The van der Waals surface area contributed by atoms with Gasteiger partial charge in [-0.05, 0) is 13.0 Å². The summed E-state index contributed by atoms with van der Waals surface area (Å²) in [5.41, 5.74) is 1.03. The number of hydrogen-bond donors (Lipinski definition) is 2. The molecule has 0 unspecified atom stereocenters. The summed E-state index contributed by atoms with van der Waals surface area (Å²) in [5, 5.41) is 6.53. The largest absolute Gasteiger partial charge is 0.496 e. The third-order valence-electron chi connectivity index (χ3n) is 4.10. The molecule has 0 saturated carbocycles. The monoisotopic (exact) mass is 368 g/mol. The van der Waals surface area contributed by atoms with Gasteiger partial charge >= 0.3 is 0 Å². The lowest BCUT2D eigenvalue weighted by Crippen LogP contribution is -2.45. The molecule has 8 heteroatoms. The van der Waals surface area contributed by atoms with E-state index in [0.717, 1.165) is 36.9 Å². The number of benzene rings is 1. The third-order valence-corrected chi connectivity index (χ3v) is 5.71. The van der Waals surface area contributed by atoms with Crippen molar-refractivity contribution in [1.29, 1.82) is 0 Å². The summed E-state index contributed by atoms with van der Waals surface area (Å²) in [6, 6.07) is 7.84. The highest BCUT2D eigenvalue weighted by atomic mass is 32.2. The van der Waals surface area contributed by atoms with Gasteiger partial charge in [-0.15, -0.1) is 0 Å². The lowest BCUT2D eigenvalue weighted by atomic mass is 10.2. The fourth-order valence-corrected chi connectivity index (χ4v) is 3.92. The molecule has 140 valence electrons. The van der Waals surface area contributed by atoms with Gasteiger partial charge in [-0.2, -0.15) is 0 Å². The maximum absolute atomic E-state index is 11.5. The molecule has 1 aliphatic heterocycles. The molecule has 0 spiro atoms. The number of guanidine groups is 1. The summed E-state index contributed by atoms with van der Waals surface area (Å²) in [6.07, 6.45) is 0. The minimum Gasteiger partial charge on any atom is -0.496 e. The second kappa shape index (κ2) is 9.62. The molecular weight excluding hydrogens is 340 g/mol. The molecular formula is C17H28N4O3S. The van der Waals surface area contributed by atoms with E-state index < -0.39 is 9.84 Å². The third kappa shape index (κ3) is 6.55. The number of rotatable bonds is 7. The van der Waals surface area contributed by atoms with Gasteiger partial charge in [0, 0.05) is 38.3 Å². The molecule has 2 N–H and O–H groups in total. The Morgan fingerprint density at radius 3 is 2.64 bits per heavy atom. The highest BCUT2D eigenvalue weighted by Gasteiger charge is 2.20. The fraction of sp³-hybridized carbons (Fsp3) is 0.588. The van der Waals surface area contributed by atoms with Crippen molar-refractivity contribution in [2.45, 2.75) is 13.5 Å². The summed E-state index contributed by atoms with van der Waals surface area (Å²) >= 11 is 0. The highest BCUT2D eigenvalue weighted by molar-refractivity contribution is 7.91. The Labute approximate surface area is 150 Å². The zero-order chi connectivity index (χ0) is 18.1. The lowest BCUT2D eigenvalue weighted by molar-refractivity contribution is 0.299. The van der Waals surface area contributed by atoms with E-state index in [0.29, 0.717) is 19.6 Å². The Bertz CT molecular complexity index is 662. The van der Waals surface area contributed by atoms with Crippen LogP contribution < -0.4 is 15.4 Å². The molecule has 1 fully saturated rings. The Morgan fingerprint density at radius 2 is 1.96 bits per heavy atom. The number of aliphatic imine (C=N–C) groups is 1. The minimum atomic E-state index is -2.82. The molecule has 0 bridgehead atoms. The van der Waals surface area contributed by atoms with E-state index in [-0.39, 0.29) is 11.5 Å². The summed E-state index contributed by atoms with van der Waals surface area (Å²) in [6.45, 7) is 6.07. The van der Waals surface area contributed by atoms with Gasteiger partial charge in [-0.3, -0.25) is 4.90 Å². The van der Waals surface area contributed by atoms with E-state index >= 15 is 0 Å². The van der Waals surface area contributed by atoms with Crippen molar-refractivity contribution in [2.24, 2.45) is 4.99 Å². The molecule has 2 rings (SSSR count). The van der Waals surface area contributed by atoms with Crippen molar-refractivity contribution in [1.82, 2.24) is 15.5 Å². The van der Waals surface area contributed by atoms with E-state index in [4.69, 9.17) is 4.74 Å². The smallest absolute Gasteiger partial charge is 0.191 e. The molecule has 0 radical (unpaired) electrons. The van der Waals surface area contributed by atoms with Crippen LogP contribution in [0.1, 0.15) is 12.5 Å². The first-order valence-electron chi connectivity index (χ1n) is 8.61. The van der Waals surface area contributed by atoms with E-state index in [2.05, 4.69) is 20.5 Å². The van der Waals surface area contributed by atoms with Crippen molar-refractivity contribution < 1.29 is 13.2 Å². The van der Waals surface area contributed by atoms with Crippen molar-refractivity contribution in [3.8, 4) is 5.75 Å². The summed E-state index contributed by atoms with van der Waals surface area (Å²) in [5.74, 6) is 2.10. The Balaban J connectivity index is 1.83. The van der Waals surface area contributed by atoms with Crippen molar-refractivity contribution in [2.75, 3.05) is 51.3 Å². The van der Waals surface area contributed by atoms with Gasteiger partial charge in [-0.25, -0.2) is 13.4 Å². The lowest BCUT2D eigenvalue weighted by Gasteiger charge is -2.26. The second-order valence-electron chi connectivity index (χ2n) is 5.93. The Morgan fingerprint density at radius 1 is 1.24 bits per heavy atom. The molecule has 25 heavy (non-hydrogen) atoms. The Kier molecular flexibility index (Phi) is 7.52. The van der Waals surface area contributed by atoms with Gasteiger partial charge in [0.05, 0.1) is 25.2 Å². The number of ether oxygens (including phenoxy) is 1. The zero-order valence-corrected chi connectivity index (χ0v) is 15.8. The van der Waals surface area contributed by atoms with Crippen LogP contribution in [0.4, 0.5) is 0 Å². The van der Waals surface area contributed by atoms with Crippen LogP contribution in [0.3, 0.4) is 0 Å². The standard InChI is InChI=1S/C17H28N4O3S/c1-3-18-17(20-14-15-6-4-5-7-16(15)24-2)19-8-9-21-10-12-25(22,23)13-11-21/h4-7H,3,8-14H2,1-2H3,(H2,18,19,20). The number of sulfone groups is 1. The van der Waals surface area contributed by atoms with E-state index in [1.807, 2.05) is 31.2 Å². The number of nitrogens with zero attached hydrogens (tertiary/aromatic N) is 2. The SMILES string of the molecule is CCNC(=NCc1ccccc1OC)NCCN1CCS(=O)(=O)CC1. The number of methoxy groups -OCH3 is 1. The molecule has 0 amide bonds. The first-order valence-corrected chi connectivity index (χ1v) is 10.4. The van der Waals surface area contributed by atoms with Crippen LogP contribution in [-0.2, 0) is 16.4 Å². The molecule has 1 aromatic rings. The minimum absolute atomic E-state index is 0.259. The van der Waals surface area contributed by atoms with Crippen LogP contribution in [0.15, 0.2) is 29.3 Å². The van der Waals surface area contributed by atoms with E-state index in [1.54, 1.807) is 7.11 Å². The second-order valence-corrected chi connectivity index (χ2v) is 8.23. The van der Waals surface area contributed by atoms with Gasteiger partial charge in [0.15, 0.2) is 15.8 Å². The molecule has 7 nitrogen and oxygen atoms in total. The van der Waals surface area contributed by atoms with Crippen LogP contribution in [0.2, 0.25) is 0 Å². The number of nitrogens with one attached hydrogen (secondary N) is 2. The average molecular weight is 369 g/mol. The Hall–Kier alpha value is -1.80. The van der Waals surface area contributed by atoms with Crippen molar-refractivity contribution in [3.05, 3.63) is 29.8 Å². The molecule has 1 aliphatic rings. The first kappa shape index (κ1) is 19.5. The molecule has 1 aromatic carbocycles. The summed E-state index contributed by atoms with van der Waals surface area (Å²) in [7, 11) is -1.16. The predicted molar refractivity (Wildman–Crippen MR) is 101 cm³/mol. The fourth-order valence-electron chi connectivity index (χ4n) is 2.65. The number of para-hydroxylation sites is 1. The van der Waals surface area contributed by atoms with Gasteiger partial charge in [0.25, 0.3) is 0 Å². The molecule has 0 atom stereocenters. The maximum Gasteiger partial charge on any atom is 0.191 e. The van der Waals surface area contributed by atoms with Crippen LogP contribution in [0.25, 0.3) is 0 Å².